The Labute approximate surface area is 508 Å². The van der Waals surface area contributed by atoms with Crippen molar-refractivity contribution in [2.45, 2.75) is 89.0 Å². The van der Waals surface area contributed by atoms with Crippen molar-refractivity contribution in [3.63, 3.8) is 0 Å². The number of anilines is 3. The third kappa shape index (κ3) is 13.5. The number of likely N-dealkylation sites (tertiary alicyclic amines) is 1. The van der Waals surface area contributed by atoms with Crippen LogP contribution in [0, 0.1) is 21.4 Å². The number of piperazine rings is 1. The molecule has 0 saturated carbocycles. The standard InChI is InChI=1S/C63H68ClN11O11S/c1-63(2)23-21-42(49(34-63)40-11-13-43(64)14-12-40)38-71-27-29-72(30-28-71)44-15-17-47(54(32-44)86-45-31-41-22-25-66-58(41)68-36-45)59(78)70-87(84,85)46-16-18-50(53(33-46)75(82)83)67-35-39-7-6-26-73(37-39)56(77)10-3-4-24-65-51-9-5-8-48-57(51)62(81)74(61(48)80)52-19-20-55(76)69-60(52)79/h5,8-9,11-18,22,25,31-33,36,39,52,65,67H,3-4,6-7,10,19-21,23-24,26-30,34-35,37-38H2,1-2H3,(H,66,68)(H,70,78)(H,69,76,79). The Bertz CT molecular complexity index is 3860. The van der Waals surface area contributed by atoms with Crippen LogP contribution in [0.2, 0.25) is 5.02 Å². The third-order valence-corrected chi connectivity index (χ3v) is 18.7. The minimum Gasteiger partial charge on any atom is -0.455 e. The number of carbonyl (C=O) groups excluding carboxylic acids is 6. The molecule has 1 aliphatic carbocycles. The fourth-order valence-corrected chi connectivity index (χ4v) is 13.5. The van der Waals surface area contributed by atoms with E-state index in [0.29, 0.717) is 74.1 Å². The lowest BCUT2D eigenvalue weighted by molar-refractivity contribution is -0.384. The van der Waals surface area contributed by atoms with Gasteiger partial charge in [0.15, 0.2) is 0 Å². The van der Waals surface area contributed by atoms with Crippen molar-refractivity contribution in [3.8, 4) is 11.5 Å². The number of nitrogens with zero attached hydrogens (tertiary/aromatic N) is 6. The normalized spacial score (nSPS) is 19.0. The molecular formula is C63H68ClN11O11S. The van der Waals surface area contributed by atoms with Gasteiger partial charge in [0.25, 0.3) is 33.4 Å². The number of aromatic amines is 1. The van der Waals surface area contributed by atoms with Crippen LogP contribution in [0.25, 0.3) is 16.6 Å². The Kier molecular flexibility index (Phi) is 17.5. The van der Waals surface area contributed by atoms with Gasteiger partial charge in [-0.25, -0.2) is 18.1 Å². The summed E-state index contributed by atoms with van der Waals surface area (Å²) in [5, 5.41) is 22.5. The van der Waals surface area contributed by atoms with E-state index in [2.05, 4.69) is 66.4 Å². The summed E-state index contributed by atoms with van der Waals surface area (Å²) < 4.78 is 36.5. The number of pyridine rings is 1. The first-order chi connectivity index (χ1) is 41.8. The fourth-order valence-electron chi connectivity index (χ4n) is 12.4. The number of benzene rings is 4. The first kappa shape index (κ1) is 60.0. The molecule has 5 aliphatic rings. The number of aromatic nitrogens is 2. The number of carbonyl (C=O) groups is 6. The highest BCUT2D eigenvalue weighted by atomic mass is 35.5. The second kappa shape index (κ2) is 25.3. The number of nitro groups is 1. The number of unbranched alkanes of at least 4 members (excludes halogenated alkanes) is 1. The average Bonchev–Trinajstić information content (AvgIpc) is 2.13. The highest BCUT2D eigenvalue weighted by Crippen LogP contribution is 2.44. The van der Waals surface area contributed by atoms with Crippen molar-refractivity contribution >= 4 is 96.4 Å². The van der Waals surface area contributed by atoms with E-state index in [9.17, 15) is 47.3 Å². The molecule has 4 aromatic carbocycles. The molecule has 3 fully saturated rings. The van der Waals surface area contributed by atoms with Crippen LogP contribution in [0.3, 0.4) is 0 Å². The van der Waals surface area contributed by atoms with E-state index in [-0.39, 0.29) is 71.2 Å². The molecule has 0 radical (unpaired) electrons. The Balaban J connectivity index is 0.696. The first-order valence-corrected chi connectivity index (χ1v) is 31.3. The van der Waals surface area contributed by atoms with Crippen molar-refractivity contribution in [2.75, 3.05) is 74.4 Å². The lowest BCUT2D eigenvalue weighted by Gasteiger charge is -2.39. The Morgan fingerprint density at radius 3 is 2.47 bits per heavy atom. The van der Waals surface area contributed by atoms with Crippen LogP contribution in [-0.4, -0.2) is 138 Å². The zero-order valence-corrected chi connectivity index (χ0v) is 49.9. The zero-order chi connectivity index (χ0) is 61.1. The molecule has 22 nitrogen and oxygen atoms in total. The van der Waals surface area contributed by atoms with E-state index in [4.69, 9.17) is 16.3 Å². The summed E-state index contributed by atoms with van der Waals surface area (Å²) in [6.45, 7) is 10.0. The number of nitro benzene ring substituents is 1. The molecule has 6 amide bonds. The summed E-state index contributed by atoms with van der Waals surface area (Å²) in [6.07, 6.45) is 9.19. The summed E-state index contributed by atoms with van der Waals surface area (Å²) in [5.74, 6) is -3.11. The molecule has 5 N–H and O–H groups in total. The summed E-state index contributed by atoms with van der Waals surface area (Å²) in [5.41, 5.74) is 5.84. The lowest BCUT2D eigenvalue weighted by Crippen LogP contribution is -2.54. The van der Waals surface area contributed by atoms with Crippen molar-refractivity contribution in [3.05, 3.63) is 146 Å². The van der Waals surface area contributed by atoms with E-state index in [1.807, 2.05) is 18.2 Å². The van der Waals surface area contributed by atoms with E-state index in [0.717, 1.165) is 67.4 Å². The molecule has 24 heteroatoms. The summed E-state index contributed by atoms with van der Waals surface area (Å²) in [6, 6.07) is 23.8. The number of hydrogen-bond donors (Lipinski definition) is 5. The minimum atomic E-state index is -4.69. The maximum atomic E-state index is 14.2. The van der Waals surface area contributed by atoms with E-state index in [1.54, 1.807) is 41.4 Å². The number of rotatable bonds is 20. The maximum Gasteiger partial charge on any atom is 0.293 e. The van der Waals surface area contributed by atoms with Crippen LogP contribution >= 0.6 is 11.6 Å². The predicted octanol–water partition coefficient (Wildman–Crippen LogP) is 9.16. The Morgan fingerprint density at radius 2 is 1.69 bits per heavy atom. The molecule has 2 aromatic heterocycles. The number of hydrogen-bond acceptors (Lipinski definition) is 16. The smallest absolute Gasteiger partial charge is 0.293 e. The molecule has 3 saturated heterocycles. The second-order valence-electron chi connectivity index (χ2n) is 23.7. The van der Waals surface area contributed by atoms with Crippen LogP contribution in [0.1, 0.15) is 115 Å². The van der Waals surface area contributed by atoms with Gasteiger partial charge >= 0.3 is 0 Å². The molecule has 2 atom stereocenters. The van der Waals surface area contributed by atoms with Gasteiger partial charge in [0.2, 0.25) is 17.7 Å². The highest BCUT2D eigenvalue weighted by Gasteiger charge is 2.46. The molecule has 2 unspecified atom stereocenters. The van der Waals surface area contributed by atoms with Crippen LogP contribution in [-0.2, 0) is 24.4 Å². The number of amides is 6. The maximum absolute atomic E-state index is 14.2. The molecule has 0 spiro atoms. The van der Waals surface area contributed by atoms with Gasteiger partial charge in [-0.05, 0) is 134 Å². The molecular weight excluding hydrogens is 1150 g/mol. The summed E-state index contributed by atoms with van der Waals surface area (Å²) in [4.78, 5) is 105. The van der Waals surface area contributed by atoms with Gasteiger partial charge in [0.05, 0.1) is 32.7 Å². The topological polar surface area (TPSA) is 279 Å². The quantitative estimate of drug-likeness (QED) is 0.0206. The van der Waals surface area contributed by atoms with Crippen LogP contribution in [0.4, 0.5) is 22.7 Å². The Morgan fingerprint density at radius 1 is 0.885 bits per heavy atom. The molecule has 11 rings (SSSR count). The lowest BCUT2D eigenvalue weighted by atomic mass is 9.72. The second-order valence-corrected chi connectivity index (χ2v) is 25.8. The molecule has 0 bridgehead atoms. The van der Waals surface area contributed by atoms with Crippen molar-refractivity contribution in [1.82, 2.24) is 34.7 Å². The highest BCUT2D eigenvalue weighted by molar-refractivity contribution is 7.90. The van der Waals surface area contributed by atoms with Gasteiger partial charge in [-0.2, -0.15) is 0 Å². The Hall–Kier alpha value is -8.67. The number of nitrogens with one attached hydrogen (secondary N) is 5. The number of sulfonamides is 1. The summed E-state index contributed by atoms with van der Waals surface area (Å²) >= 11 is 6.27. The number of halogens is 1. The van der Waals surface area contributed by atoms with Crippen LogP contribution in [0.15, 0.2) is 114 Å². The van der Waals surface area contributed by atoms with Gasteiger partial charge in [0, 0.05) is 112 Å². The predicted molar refractivity (Wildman–Crippen MR) is 328 cm³/mol. The first-order valence-electron chi connectivity index (χ1n) is 29.4. The largest absolute Gasteiger partial charge is 0.455 e. The van der Waals surface area contributed by atoms with Gasteiger partial charge < -0.3 is 30.2 Å². The number of allylic oxidation sites excluding steroid dienone is 1. The zero-order valence-electron chi connectivity index (χ0n) is 48.4. The number of ether oxygens (including phenoxy) is 1. The molecule has 454 valence electrons. The monoisotopic (exact) mass is 1220 g/mol. The van der Waals surface area contributed by atoms with E-state index in [1.165, 1.54) is 47.2 Å². The van der Waals surface area contributed by atoms with E-state index < -0.39 is 61.1 Å². The van der Waals surface area contributed by atoms with Gasteiger partial charge in [-0.15, -0.1) is 0 Å². The molecule has 4 aliphatic heterocycles. The fraction of sp³-hybridized carbons (Fsp3) is 0.381. The molecule has 6 heterocycles. The number of piperidine rings is 2. The van der Waals surface area contributed by atoms with E-state index >= 15 is 0 Å². The van der Waals surface area contributed by atoms with Crippen molar-refractivity contribution in [1.29, 1.82) is 0 Å². The minimum absolute atomic E-state index is 0.0140. The molecule has 87 heavy (non-hydrogen) atoms. The van der Waals surface area contributed by atoms with Gasteiger partial charge in [-0.1, -0.05) is 49.2 Å². The number of fused-ring (bicyclic) bond motifs is 2. The van der Waals surface area contributed by atoms with Gasteiger partial charge in [0.1, 0.15) is 28.9 Å². The van der Waals surface area contributed by atoms with Crippen molar-refractivity contribution < 1.29 is 46.8 Å². The van der Waals surface area contributed by atoms with Crippen molar-refractivity contribution in [2.24, 2.45) is 11.3 Å². The SMILES string of the molecule is CC1(C)CCC(CN2CCN(c3ccc(C(=O)NS(=O)(=O)c4ccc(NCC5CCCN(C(=O)CCCCNc6cccc7c6C(=O)N(C6CCC(=O)NC6=O)C7=O)C5)c([N+](=O)[O-])c4)c(Oc4cnc5[nH]ccc5c4)c3)CC2)=C(c2ccc(Cl)cc2)C1. The van der Waals surface area contributed by atoms with Gasteiger partial charge in [-0.3, -0.25) is 54.0 Å². The third-order valence-electron chi connectivity index (χ3n) is 17.1. The molecule has 6 aromatic rings. The van der Waals surface area contributed by atoms with Crippen LogP contribution in [0.5, 0.6) is 11.5 Å². The van der Waals surface area contributed by atoms with Crippen LogP contribution < -0.4 is 30.3 Å². The summed E-state index contributed by atoms with van der Waals surface area (Å²) in [7, 11) is -4.69. The number of imide groups is 2. The number of H-pyrrole nitrogens is 1. The average molecular weight is 1220 g/mol.